The van der Waals surface area contributed by atoms with Crippen LogP contribution >= 0.6 is 0 Å². The van der Waals surface area contributed by atoms with E-state index in [1.165, 1.54) is 5.56 Å². The Kier molecular flexibility index (Phi) is 5.74. The molecule has 0 unspecified atom stereocenters. The Morgan fingerprint density at radius 3 is 2.45 bits per heavy atom. The summed E-state index contributed by atoms with van der Waals surface area (Å²) in [5, 5.41) is 11.9. The first-order chi connectivity index (χ1) is 9.49. The Morgan fingerprint density at radius 1 is 1.40 bits per heavy atom. The second-order valence-corrected chi connectivity index (χ2v) is 4.75. The van der Waals surface area contributed by atoms with Crippen LogP contribution in [0.1, 0.15) is 25.3 Å². The summed E-state index contributed by atoms with van der Waals surface area (Å²) in [6.45, 7) is 11.4. The first-order valence-corrected chi connectivity index (χ1v) is 6.43. The molecular weight excluding hydrogens is 251 g/mol. The third kappa shape index (κ3) is 4.10. The van der Waals surface area contributed by atoms with Crippen LogP contribution in [0.25, 0.3) is 0 Å². The maximum absolute atomic E-state index is 13.6. The van der Waals surface area contributed by atoms with Gasteiger partial charge < -0.3 is 5.32 Å². The quantitative estimate of drug-likeness (QED) is 0.600. The Morgan fingerprint density at radius 2 is 2.00 bits per heavy atom. The second kappa shape index (κ2) is 7.30. The Balaban J connectivity index is 2.81. The molecule has 2 nitrogen and oxygen atoms in total. The standard InChI is InChI=1S/C17H19FN2/c1-5-17(18)16(13(4)10-19)11-20-15-8-6-14(7-9-15)12(2)3/h5-9,12,20H,1,4,11H2,2-3H3/b17-16+. The smallest absolute Gasteiger partial charge is 0.128 e. The van der Waals surface area contributed by atoms with E-state index in [-0.39, 0.29) is 17.7 Å². The number of hydrogen-bond donors (Lipinski definition) is 1. The van der Waals surface area contributed by atoms with E-state index in [4.69, 9.17) is 5.26 Å². The van der Waals surface area contributed by atoms with Crippen molar-refractivity contribution in [2.45, 2.75) is 19.8 Å². The van der Waals surface area contributed by atoms with Crippen LogP contribution in [0.4, 0.5) is 10.1 Å². The average molecular weight is 270 g/mol. The summed E-state index contributed by atoms with van der Waals surface area (Å²) < 4.78 is 13.6. The molecule has 0 saturated heterocycles. The number of nitrogens with one attached hydrogen (secondary N) is 1. The molecule has 0 spiro atoms. The minimum absolute atomic E-state index is 0.105. The zero-order chi connectivity index (χ0) is 15.1. The van der Waals surface area contributed by atoms with Gasteiger partial charge in [0.2, 0.25) is 0 Å². The zero-order valence-corrected chi connectivity index (χ0v) is 11.9. The molecule has 3 heteroatoms. The predicted octanol–water partition coefficient (Wildman–Crippen LogP) is 4.71. The number of allylic oxidation sites excluding steroid dienone is 2. The maximum atomic E-state index is 13.6. The van der Waals surface area contributed by atoms with E-state index < -0.39 is 5.83 Å². The topological polar surface area (TPSA) is 35.8 Å². The highest BCUT2D eigenvalue weighted by Crippen LogP contribution is 2.19. The minimum atomic E-state index is -0.525. The molecule has 1 rings (SSSR count). The van der Waals surface area contributed by atoms with Crippen LogP contribution in [0.2, 0.25) is 0 Å². The molecule has 1 N–H and O–H groups in total. The van der Waals surface area contributed by atoms with Crippen molar-refractivity contribution in [3.8, 4) is 6.07 Å². The van der Waals surface area contributed by atoms with Gasteiger partial charge in [-0.25, -0.2) is 4.39 Å². The minimum Gasteiger partial charge on any atom is -0.381 e. The van der Waals surface area contributed by atoms with Gasteiger partial charge in [0.1, 0.15) is 5.83 Å². The molecule has 1 aromatic rings. The third-order valence-electron chi connectivity index (χ3n) is 3.01. The van der Waals surface area contributed by atoms with E-state index in [9.17, 15) is 4.39 Å². The van der Waals surface area contributed by atoms with E-state index in [0.29, 0.717) is 5.92 Å². The third-order valence-corrected chi connectivity index (χ3v) is 3.01. The lowest BCUT2D eigenvalue weighted by Crippen LogP contribution is -2.07. The molecule has 0 aliphatic heterocycles. The molecule has 0 fully saturated rings. The molecule has 0 atom stereocenters. The fourth-order valence-corrected chi connectivity index (χ4v) is 1.70. The summed E-state index contributed by atoms with van der Waals surface area (Å²) in [6.07, 6.45) is 1.08. The lowest BCUT2D eigenvalue weighted by atomic mass is 10.0. The van der Waals surface area contributed by atoms with Gasteiger partial charge in [0.25, 0.3) is 0 Å². The largest absolute Gasteiger partial charge is 0.381 e. The van der Waals surface area contributed by atoms with Crippen molar-refractivity contribution >= 4 is 5.69 Å². The van der Waals surface area contributed by atoms with Crippen molar-refractivity contribution < 1.29 is 4.39 Å². The van der Waals surface area contributed by atoms with Crippen molar-refractivity contribution in [1.82, 2.24) is 0 Å². The van der Waals surface area contributed by atoms with Crippen molar-refractivity contribution in [2.75, 3.05) is 11.9 Å². The molecule has 0 heterocycles. The molecule has 0 bridgehead atoms. The predicted molar refractivity (Wildman–Crippen MR) is 82.1 cm³/mol. The van der Waals surface area contributed by atoms with Crippen LogP contribution in [-0.2, 0) is 0 Å². The Hall–Kier alpha value is -2.34. The van der Waals surface area contributed by atoms with Gasteiger partial charge in [-0.3, -0.25) is 0 Å². The van der Waals surface area contributed by atoms with Crippen LogP contribution < -0.4 is 5.32 Å². The average Bonchev–Trinajstić information content (AvgIpc) is 2.47. The Labute approximate surface area is 119 Å². The maximum Gasteiger partial charge on any atom is 0.128 e. The molecule has 0 aromatic heterocycles. The molecular formula is C17H19FN2. The second-order valence-electron chi connectivity index (χ2n) is 4.75. The van der Waals surface area contributed by atoms with Crippen LogP contribution in [0.3, 0.4) is 0 Å². The van der Waals surface area contributed by atoms with Gasteiger partial charge in [0, 0.05) is 17.8 Å². The number of anilines is 1. The lowest BCUT2D eigenvalue weighted by Gasteiger charge is -2.11. The summed E-state index contributed by atoms with van der Waals surface area (Å²) in [6, 6.07) is 9.79. The highest BCUT2D eigenvalue weighted by molar-refractivity contribution is 5.51. The highest BCUT2D eigenvalue weighted by atomic mass is 19.1. The fourth-order valence-electron chi connectivity index (χ4n) is 1.70. The molecule has 0 radical (unpaired) electrons. The van der Waals surface area contributed by atoms with Gasteiger partial charge in [0.05, 0.1) is 11.6 Å². The van der Waals surface area contributed by atoms with Crippen LogP contribution in [0, 0.1) is 11.3 Å². The van der Waals surface area contributed by atoms with Crippen LogP contribution in [0.15, 0.2) is 60.5 Å². The van der Waals surface area contributed by atoms with Crippen molar-refractivity contribution in [3.63, 3.8) is 0 Å². The van der Waals surface area contributed by atoms with Gasteiger partial charge in [-0.1, -0.05) is 39.1 Å². The highest BCUT2D eigenvalue weighted by Gasteiger charge is 2.08. The van der Waals surface area contributed by atoms with E-state index >= 15 is 0 Å². The molecule has 20 heavy (non-hydrogen) atoms. The summed E-state index contributed by atoms with van der Waals surface area (Å²) in [5.41, 5.74) is 2.45. The van der Waals surface area contributed by atoms with E-state index in [0.717, 1.165) is 11.8 Å². The summed E-state index contributed by atoms with van der Waals surface area (Å²) >= 11 is 0. The molecule has 0 aliphatic rings. The fraction of sp³-hybridized carbons (Fsp3) is 0.235. The summed E-state index contributed by atoms with van der Waals surface area (Å²) in [4.78, 5) is 0. The molecule has 1 aromatic carbocycles. The van der Waals surface area contributed by atoms with E-state index in [2.05, 4.69) is 32.3 Å². The van der Waals surface area contributed by atoms with E-state index in [1.807, 2.05) is 30.3 Å². The summed E-state index contributed by atoms with van der Waals surface area (Å²) in [7, 11) is 0. The number of rotatable bonds is 6. The molecule has 104 valence electrons. The van der Waals surface area contributed by atoms with E-state index in [1.54, 1.807) is 0 Å². The molecule has 0 aliphatic carbocycles. The number of halogens is 1. The number of benzene rings is 1. The van der Waals surface area contributed by atoms with Gasteiger partial charge in [-0.2, -0.15) is 5.26 Å². The zero-order valence-electron chi connectivity index (χ0n) is 11.9. The first-order valence-electron chi connectivity index (χ1n) is 6.43. The first kappa shape index (κ1) is 15.7. The normalized spacial score (nSPS) is 11.6. The van der Waals surface area contributed by atoms with Crippen molar-refractivity contribution in [2.24, 2.45) is 0 Å². The Bertz CT molecular complexity index is 560. The summed E-state index contributed by atoms with van der Waals surface area (Å²) in [5.74, 6) is -0.0565. The molecule has 0 saturated carbocycles. The SMILES string of the molecule is C=C/C(F)=C(/CNc1ccc(C(C)C)cc1)C(=C)C#N. The van der Waals surface area contributed by atoms with Gasteiger partial charge in [-0.05, 0) is 29.7 Å². The molecule has 0 amide bonds. The van der Waals surface area contributed by atoms with Crippen molar-refractivity contribution in [1.29, 1.82) is 5.26 Å². The van der Waals surface area contributed by atoms with Gasteiger partial charge in [-0.15, -0.1) is 0 Å². The monoisotopic (exact) mass is 270 g/mol. The van der Waals surface area contributed by atoms with Gasteiger partial charge in [0.15, 0.2) is 0 Å². The number of nitrogens with zero attached hydrogens (tertiary/aromatic N) is 1. The number of nitriles is 1. The van der Waals surface area contributed by atoms with Crippen molar-refractivity contribution in [3.05, 3.63) is 66.0 Å². The van der Waals surface area contributed by atoms with Gasteiger partial charge >= 0.3 is 0 Å². The van der Waals surface area contributed by atoms with Crippen LogP contribution in [-0.4, -0.2) is 6.54 Å². The van der Waals surface area contributed by atoms with Crippen LogP contribution in [0.5, 0.6) is 0 Å². The number of hydrogen-bond acceptors (Lipinski definition) is 2. The lowest BCUT2D eigenvalue weighted by molar-refractivity contribution is 0.656.